The van der Waals surface area contributed by atoms with Gasteiger partial charge in [-0.2, -0.15) is 0 Å². The fraction of sp³-hybridized carbons (Fsp3) is 0.346. The number of hydrogen-bond acceptors (Lipinski definition) is 10. The standard InChI is InChI=1S/C26H28BFN6O10/c1-2-33-7-8-34(24(39)23(33)38)26(42)32-19(18-16(28)10-14(12-30-18)21(36)29-6-9-35)22(37)31-17-11-13-4-3-5-15(25(40)41)20(13)44-27(17)43/h3-5,10,12,17,19,35,43H,2,6-9,11H2,1H3,(H,29,36)(H,31,37)(H,32,42)(H,40,41)/t17-,19+/m0/s1. The van der Waals surface area contributed by atoms with E-state index < -0.39 is 66.2 Å². The van der Waals surface area contributed by atoms with E-state index in [9.17, 15) is 38.9 Å². The van der Waals surface area contributed by atoms with Crippen LogP contribution >= 0.6 is 0 Å². The first-order valence-corrected chi connectivity index (χ1v) is 13.4. The number of hydrogen-bond donors (Lipinski definition) is 6. The number of likely N-dealkylation sites (N-methyl/N-ethyl adjacent to an activating group) is 1. The van der Waals surface area contributed by atoms with E-state index in [1.807, 2.05) is 0 Å². The van der Waals surface area contributed by atoms with Crippen LogP contribution in [0.25, 0.3) is 0 Å². The maximum atomic E-state index is 15.3. The first-order chi connectivity index (χ1) is 21.0. The topological polar surface area (TPSA) is 228 Å². The second-order valence-electron chi connectivity index (χ2n) is 9.72. The molecule has 232 valence electrons. The number of carbonyl (C=O) groups excluding carboxylic acids is 5. The molecule has 18 heteroatoms. The number of halogens is 1. The van der Waals surface area contributed by atoms with E-state index in [1.54, 1.807) is 6.92 Å². The number of aromatic carboxylic acids is 1. The van der Waals surface area contributed by atoms with Gasteiger partial charge >= 0.3 is 30.9 Å². The number of benzene rings is 1. The fourth-order valence-electron chi connectivity index (χ4n) is 4.67. The van der Waals surface area contributed by atoms with Gasteiger partial charge in [0, 0.05) is 32.4 Å². The molecule has 0 bridgehead atoms. The highest BCUT2D eigenvalue weighted by molar-refractivity contribution is 6.47. The molecule has 44 heavy (non-hydrogen) atoms. The molecule has 6 N–H and O–H groups in total. The van der Waals surface area contributed by atoms with Gasteiger partial charge in [-0.15, -0.1) is 0 Å². The minimum atomic E-state index is -1.94. The van der Waals surface area contributed by atoms with Crippen molar-refractivity contribution in [1.82, 2.24) is 30.7 Å². The molecule has 1 aromatic carbocycles. The smallest absolute Gasteiger partial charge is 0.534 e. The van der Waals surface area contributed by atoms with Gasteiger partial charge in [-0.1, -0.05) is 12.1 Å². The number of rotatable bonds is 9. The Morgan fingerprint density at radius 1 is 1.20 bits per heavy atom. The molecule has 0 saturated carbocycles. The van der Waals surface area contributed by atoms with Crippen molar-refractivity contribution < 1.29 is 53.0 Å². The van der Waals surface area contributed by atoms with Crippen LogP contribution in [0.15, 0.2) is 30.5 Å². The zero-order chi connectivity index (χ0) is 32.1. The lowest BCUT2D eigenvalue weighted by Gasteiger charge is -2.33. The predicted octanol–water partition coefficient (Wildman–Crippen LogP) is -1.78. The molecule has 1 aromatic heterocycles. The second kappa shape index (κ2) is 13.5. The third-order valence-corrected chi connectivity index (χ3v) is 6.95. The predicted molar refractivity (Wildman–Crippen MR) is 146 cm³/mol. The van der Waals surface area contributed by atoms with Crippen LogP contribution in [-0.2, 0) is 20.8 Å². The Morgan fingerprint density at radius 2 is 1.95 bits per heavy atom. The molecular weight excluding hydrogens is 586 g/mol. The van der Waals surface area contributed by atoms with E-state index in [0.717, 1.165) is 12.3 Å². The van der Waals surface area contributed by atoms with E-state index in [1.165, 1.54) is 23.1 Å². The van der Waals surface area contributed by atoms with Crippen LogP contribution in [0.5, 0.6) is 5.75 Å². The lowest BCUT2D eigenvalue weighted by atomic mass is 9.72. The maximum Gasteiger partial charge on any atom is 0.547 e. The van der Waals surface area contributed by atoms with Gasteiger partial charge in [-0.25, -0.2) is 14.0 Å². The second-order valence-corrected chi connectivity index (χ2v) is 9.72. The van der Waals surface area contributed by atoms with Crippen molar-refractivity contribution in [3.8, 4) is 5.75 Å². The summed E-state index contributed by atoms with van der Waals surface area (Å²) in [6.45, 7) is 1.19. The number of pyridine rings is 1. The van der Waals surface area contributed by atoms with Gasteiger partial charge in [0.25, 0.3) is 5.91 Å². The van der Waals surface area contributed by atoms with Gasteiger partial charge in [0.2, 0.25) is 5.91 Å². The van der Waals surface area contributed by atoms with Crippen LogP contribution in [0.2, 0.25) is 0 Å². The fourth-order valence-corrected chi connectivity index (χ4v) is 4.67. The summed E-state index contributed by atoms with van der Waals surface area (Å²) < 4.78 is 20.7. The van der Waals surface area contributed by atoms with Crippen molar-refractivity contribution in [1.29, 1.82) is 0 Å². The van der Waals surface area contributed by atoms with Crippen LogP contribution in [0, 0.1) is 5.82 Å². The highest BCUT2D eigenvalue weighted by Crippen LogP contribution is 2.30. The number of carboxylic acids is 1. The first-order valence-electron chi connectivity index (χ1n) is 13.4. The number of carbonyl (C=O) groups is 6. The summed E-state index contributed by atoms with van der Waals surface area (Å²) in [7, 11) is -1.75. The van der Waals surface area contributed by atoms with E-state index in [0.29, 0.717) is 10.5 Å². The third kappa shape index (κ3) is 6.60. The zero-order valence-electron chi connectivity index (χ0n) is 23.3. The third-order valence-electron chi connectivity index (χ3n) is 6.95. The number of imide groups is 1. The number of urea groups is 1. The molecule has 3 heterocycles. The van der Waals surface area contributed by atoms with Gasteiger partial charge in [0.1, 0.15) is 17.3 Å². The van der Waals surface area contributed by atoms with Crippen molar-refractivity contribution in [3.63, 3.8) is 0 Å². The normalized spacial score (nSPS) is 16.9. The SMILES string of the molecule is CCN1CCN(C(=O)N[C@@H](C(=O)N[C@H]2Cc3cccc(C(=O)O)c3OB2O)c2ncc(C(=O)NCCO)cc2F)C(=O)C1=O. The molecule has 0 spiro atoms. The number of aromatic nitrogens is 1. The molecule has 4 rings (SSSR count). The largest absolute Gasteiger partial charge is 0.547 e. The number of para-hydroxylation sites is 1. The molecule has 16 nitrogen and oxygen atoms in total. The summed E-state index contributed by atoms with van der Waals surface area (Å²) in [6.07, 6.45) is 0.810. The van der Waals surface area contributed by atoms with Crippen LogP contribution in [-0.4, -0.2) is 111 Å². The number of carboxylic acid groups (broad SMARTS) is 1. The van der Waals surface area contributed by atoms with Gasteiger partial charge in [0.05, 0.1) is 23.7 Å². The van der Waals surface area contributed by atoms with Gasteiger partial charge in [-0.3, -0.25) is 29.1 Å². The van der Waals surface area contributed by atoms with Gasteiger partial charge in [0.15, 0.2) is 6.04 Å². The monoisotopic (exact) mass is 614 g/mol. The maximum absolute atomic E-state index is 15.3. The molecule has 2 aliphatic heterocycles. The summed E-state index contributed by atoms with van der Waals surface area (Å²) in [5.74, 6) is -7.80. The Hall–Kier alpha value is -5.10. The Kier molecular flexibility index (Phi) is 9.75. The van der Waals surface area contributed by atoms with E-state index in [4.69, 9.17) is 9.76 Å². The Balaban J connectivity index is 1.61. The van der Waals surface area contributed by atoms with Crippen LogP contribution < -0.4 is 20.6 Å². The zero-order valence-corrected chi connectivity index (χ0v) is 23.3. The summed E-state index contributed by atoms with van der Waals surface area (Å²) >= 11 is 0. The molecule has 1 fully saturated rings. The quantitative estimate of drug-likeness (QED) is 0.137. The highest BCUT2D eigenvalue weighted by Gasteiger charge is 2.41. The minimum Gasteiger partial charge on any atom is -0.534 e. The molecule has 2 atom stereocenters. The average Bonchev–Trinajstić information content (AvgIpc) is 2.99. The minimum absolute atomic E-state index is 0.0267. The molecule has 2 aliphatic rings. The summed E-state index contributed by atoms with van der Waals surface area (Å²) in [5.41, 5.74) is -0.807. The lowest BCUT2D eigenvalue weighted by Crippen LogP contribution is -2.60. The Labute approximate surface area is 249 Å². The van der Waals surface area contributed by atoms with E-state index >= 15 is 4.39 Å². The van der Waals surface area contributed by atoms with E-state index in [2.05, 4.69) is 20.9 Å². The molecule has 0 radical (unpaired) electrons. The molecule has 1 saturated heterocycles. The Morgan fingerprint density at radius 3 is 2.61 bits per heavy atom. The summed E-state index contributed by atoms with van der Waals surface area (Å²) in [5, 5.41) is 35.8. The van der Waals surface area contributed by atoms with Crippen molar-refractivity contribution in [3.05, 3.63) is 58.7 Å². The molecule has 0 aliphatic carbocycles. The molecule has 6 amide bonds. The summed E-state index contributed by atoms with van der Waals surface area (Å²) in [6, 6.07) is 1.84. The number of piperazine rings is 1. The average molecular weight is 614 g/mol. The van der Waals surface area contributed by atoms with Crippen LogP contribution in [0.1, 0.15) is 44.9 Å². The molecular formula is C26H28BFN6O10. The number of amides is 6. The highest BCUT2D eigenvalue weighted by atomic mass is 19.1. The van der Waals surface area contributed by atoms with Gasteiger partial charge < -0.3 is 40.7 Å². The number of nitrogens with one attached hydrogen (secondary N) is 3. The molecule has 2 aromatic rings. The van der Waals surface area contributed by atoms with Crippen molar-refractivity contribution in [2.45, 2.75) is 25.3 Å². The van der Waals surface area contributed by atoms with Crippen LogP contribution in [0.3, 0.4) is 0 Å². The van der Waals surface area contributed by atoms with Gasteiger partial charge in [-0.05, 0) is 31.0 Å². The van der Waals surface area contributed by atoms with Crippen molar-refractivity contribution in [2.75, 3.05) is 32.8 Å². The van der Waals surface area contributed by atoms with Crippen molar-refractivity contribution in [2.24, 2.45) is 0 Å². The number of fused-ring (bicyclic) bond motifs is 1. The van der Waals surface area contributed by atoms with Crippen LogP contribution in [0.4, 0.5) is 9.18 Å². The Bertz CT molecular complexity index is 1510. The number of aliphatic hydroxyl groups is 1. The number of aliphatic hydroxyl groups excluding tert-OH is 1. The van der Waals surface area contributed by atoms with Crippen molar-refractivity contribution >= 4 is 42.7 Å². The number of nitrogens with zero attached hydrogens (tertiary/aromatic N) is 3. The first kappa shape index (κ1) is 31.8. The summed E-state index contributed by atoms with van der Waals surface area (Å²) in [4.78, 5) is 81.0. The molecule has 0 unspecified atom stereocenters. The van der Waals surface area contributed by atoms with E-state index in [-0.39, 0.29) is 56.1 Å². The lowest BCUT2D eigenvalue weighted by molar-refractivity contribution is -0.153.